The lowest BCUT2D eigenvalue weighted by molar-refractivity contribution is -0.253. The van der Waals surface area contributed by atoms with Crippen molar-refractivity contribution in [3.05, 3.63) is 28.8 Å². The first kappa shape index (κ1) is 19.0. The number of benzene rings is 1. The molecule has 1 aromatic carbocycles. The third-order valence-corrected chi connectivity index (χ3v) is 3.07. The fraction of sp³-hybridized carbons (Fsp3) is 0.385. The predicted octanol–water partition coefficient (Wildman–Crippen LogP) is 1.81. The number of hydrogen-bond donors (Lipinski definition) is 3. The van der Waals surface area contributed by atoms with E-state index in [9.17, 15) is 27.9 Å². The minimum atomic E-state index is -4.98. The number of alkyl halides is 3. The normalized spacial score (nSPS) is 13.9. The van der Waals surface area contributed by atoms with Crippen LogP contribution in [0.2, 0.25) is 5.02 Å². The lowest BCUT2D eigenvalue weighted by atomic mass is 10.0. The van der Waals surface area contributed by atoms with Gasteiger partial charge in [-0.05, 0) is 25.1 Å². The highest BCUT2D eigenvalue weighted by Gasteiger charge is 2.51. The van der Waals surface area contributed by atoms with Crippen molar-refractivity contribution in [1.82, 2.24) is 10.9 Å². The van der Waals surface area contributed by atoms with Crippen LogP contribution in [0.4, 0.5) is 13.2 Å². The molecule has 0 aromatic heterocycles. The van der Waals surface area contributed by atoms with E-state index in [-0.39, 0.29) is 16.3 Å². The molecule has 0 saturated carbocycles. The molecule has 0 aliphatic heterocycles. The zero-order valence-electron chi connectivity index (χ0n) is 12.1. The average molecular weight is 355 g/mol. The van der Waals surface area contributed by atoms with Crippen LogP contribution in [0, 0.1) is 0 Å². The van der Waals surface area contributed by atoms with Crippen LogP contribution >= 0.6 is 11.6 Å². The molecule has 0 aliphatic rings. The van der Waals surface area contributed by atoms with Gasteiger partial charge >= 0.3 is 6.18 Å². The number of carbonyl (C=O) groups is 2. The summed E-state index contributed by atoms with van der Waals surface area (Å²) in [6, 6.07) is 4.14. The SMILES string of the molecule is COc1ccc(Cl)cc1C(=O)NNC(=O)C[C@@](C)(O)C(F)(F)F. The van der Waals surface area contributed by atoms with Gasteiger partial charge in [0.2, 0.25) is 5.91 Å². The summed E-state index contributed by atoms with van der Waals surface area (Å²) in [7, 11) is 1.30. The highest BCUT2D eigenvalue weighted by atomic mass is 35.5. The first-order valence-electron chi connectivity index (χ1n) is 6.20. The summed E-state index contributed by atoms with van der Waals surface area (Å²) in [5.41, 5.74) is 0.464. The van der Waals surface area contributed by atoms with Crippen molar-refractivity contribution in [3.63, 3.8) is 0 Å². The standard InChI is InChI=1S/C13H14ClF3N2O4/c1-12(22,13(15,16)17)6-10(20)18-19-11(21)8-5-7(14)3-4-9(8)23-2/h3-5,22H,6H2,1-2H3,(H,18,20)(H,19,21)/t12-/m1/s1. The number of methoxy groups -OCH3 is 1. The third-order valence-electron chi connectivity index (χ3n) is 2.84. The van der Waals surface area contributed by atoms with E-state index >= 15 is 0 Å². The zero-order chi connectivity index (χ0) is 17.8. The molecule has 0 saturated heterocycles. The molecule has 1 aromatic rings. The number of nitrogens with one attached hydrogen (secondary N) is 2. The van der Waals surface area contributed by atoms with Crippen molar-refractivity contribution < 1.29 is 32.6 Å². The monoisotopic (exact) mass is 354 g/mol. The van der Waals surface area contributed by atoms with Crippen LogP contribution in [0.3, 0.4) is 0 Å². The molecule has 0 bridgehead atoms. The Morgan fingerprint density at radius 2 is 1.91 bits per heavy atom. The summed E-state index contributed by atoms with van der Waals surface area (Å²) >= 11 is 5.74. The van der Waals surface area contributed by atoms with Gasteiger partial charge in [-0.25, -0.2) is 0 Å². The summed E-state index contributed by atoms with van der Waals surface area (Å²) in [5.74, 6) is -1.91. The van der Waals surface area contributed by atoms with E-state index in [0.29, 0.717) is 6.92 Å². The largest absolute Gasteiger partial charge is 0.496 e. The van der Waals surface area contributed by atoms with Gasteiger partial charge in [-0.2, -0.15) is 13.2 Å². The second kappa shape index (κ2) is 7.05. The fourth-order valence-corrected chi connectivity index (χ4v) is 1.68. The van der Waals surface area contributed by atoms with Gasteiger partial charge < -0.3 is 9.84 Å². The van der Waals surface area contributed by atoms with Crippen LogP contribution in [0.15, 0.2) is 18.2 Å². The lowest BCUT2D eigenvalue weighted by Gasteiger charge is -2.25. The maximum absolute atomic E-state index is 12.5. The molecular formula is C13H14ClF3N2O4. The number of hydrogen-bond acceptors (Lipinski definition) is 4. The van der Waals surface area contributed by atoms with Crippen molar-refractivity contribution in [1.29, 1.82) is 0 Å². The Bertz CT molecular complexity index is 605. The van der Waals surface area contributed by atoms with Gasteiger partial charge in [0.1, 0.15) is 5.75 Å². The molecule has 6 nitrogen and oxygen atoms in total. The maximum atomic E-state index is 12.5. The quantitative estimate of drug-likeness (QED) is 0.720. The first-order chi connectivity index (χ1) is 10.5. The Labute approximate surface area is 134 Å². The van der Waals surface area contributed by atoms with Gasteiger partial charge in [-0.15, -0.1) is 0 Å². The summed E-state index contributed by atoms with van der Waals surface area (Å²) in [4.78, 5) is 23.3. The molecule has 0 radical (unpaired) electrons. The highest BCUT2D eigenvalue weighted by molar-refractivity contribution is 6.31. The number of amides is 2. The van der Waals surface area contributed by atoms with E-state index in [0.717, 1.165) is 0 Å². The third kappa shape index (κ3) is 5.00. The van der Waals surface area contributed by atoms with Gasteiger partial charge in [-0.3, -0.25) is 20.4 Å². The Balaban J connectivity index is 2.70. The van der Waals surface area contributed by atoms with Crippen LogP contribution in [-0.2, 0) is 4.79 Å². The molecule has 2 amide bonds. The molecule has 10 heteroatoms. The number of hydrazine groups is 1. The molecule has 0 fully saturated rings. The molecule has 0 aliphatic carbocycles. The van der Waals surface area contributed by atoms with Gasteiger partial charge in [0.05, 0.1) is 19.1 Å². The molecule has 1 atom stereocenters. The minimum Gasteiger partial charge on any atom is -0.496 e. The number of carbonyl (C=O) groups excluding carboxylic acids is 2. The molecular weight excluding hydrogens is 341 g/mol. The summed E-state index contributed by atoms with van der Waals surface area (Å²) in [5, 5.41) is 9.41. The zero-order valence-corrected chi connectivity index (χ0v) is 12.9. The molecule has 128 valence electrons. The number of ether oxygens (including phenoxy) is 1. The summed E-state index contributed by atoms with van der Waals surface area (Å²) < 4.78 is 42.3. The number of rotatable bonds is 4. The van der Waals surface area contributed by atoms with Crippen LogP contribution < -0.4 is 15.6 Å². The molecule has 3 N–H and O–H groups in total. The van der Waals surface area contributed by atoms with Gasteiger partial charge in [0.15, 0.2) is 5.60 Å². The maximum Gasteiger partial charge on any atom is 0.417 e. The molecule has 1 rings (SSSR count). The Morgan fingerprint density at radius 3 is 2.43 bits per heavy atom. The van der Waals surface area contributed by atoms with E-state index in [1.807, 2.05) is 5.43 Å². The van der Waals surface area contributed by atoms with Crippen molar-refractivity contribution >= 4 is 23.4 Å². The van der Waals surface area contributed by atoms with Crippen LogP contribution in [0.5, 0.6) is 5.75 Å². The smallest absolute Gasteiger partial charge is 0.417 e. The van der Waals surface area contributed by atoms with Crippen molar-refractivity contribution in [3.8, 4) is 5.75 Å². The van der Waals surface area contributed by atoms with Crippen LogP contribution in [0.25, 0.3) is 0 Å². The van der Waals surface area contributed by atoms with E-state index in [2.05, 4.69) is 0 Å². The highest BCUT2D eigenvalue weighted by Crippen LogP contribution is 2.32. The van der Waals surface area contributed by atoms with Crippen molar-refractivity contribution in [2.24, 2.45) is 0 Å². The molecule has 0 unspecified atom stereocenters. The van der Waals surface area contributed by atoms with E-state index in [1.54, 1.807) is 5.43 Å². The van der Waals surface area contributed by atoms with E-state index < -0.39 is 30.0 Å². The number of aliphatic hydroxyl groups is 1. The van der Waals surface area contributed by atoms with Crippen LogP contribution in [-0.4, -0.2) is 35.8 Å². The van der Waals surface area contributed by atoms with E-state index in [4.69, 9.17) is 16.3 Å². The molecule has 0 spiro atoms. The molecule has 0 heterocycles. The van der Waals surface area contributed by atoms with Crippen molar-refractivity contribution in [2.75, 3.05) is 7.11 Å². The Hall–Kier alpha value is -2.00. The first-order valence-corrected chi connectivity index (χ1v) is 6.57. The minimum absolute atomic E-state index is 0.0251. The lowest BCUT2D eigenvalue weighted by Crippen LogP contribution is -2.49. The van der Waals surface area contributed by atoms with Gasteiger partial charge in [0.25, 0.3) is 5.91 Å². The number of halogens is 4. The second-order valence-electron chi connectivity index (χ2n) is 4.80. The predicted molar refractivity (Wildman–Crippen MR) is 74.9 cm³/mol. The van der Waals surface area contributed by atoms with E-state index in [1.165, 1.54) is 25.3 Å². The van der Waals surface area contributed by atoms with Gasteiger partial charge in [-0.1, -0.05) is 11.6 Å². The topological polar surface area (TPSA) is 87.7 Å². The summed E-state index contributed by atoms with van der Waals surface area (Å²) in [6.45, 7) is 0.453. The fourth-order valence-electron chi connectivity index (χ4n) is 1.51. The van der Waals surface area contributed by atoms with Crippen molar-refractivity contribution in [2.45, 2.75) is 25.1 Å². The molecule has 23 heavy (non-hydrogen) atoms. The Kier molecular flexibility index (Phi) is 5.84. The van der Waals surface area contributed by atoms with Gasteiger partial charge in [0, 0.05) is 5.02 Å². The second-order valence-corrected chi connectivity index (χ2v) is 5.23. The Morgan fingerprint density at radius 1 is 1.30 bits per heavy atom. The van der Waals surface area contributed by atoms with Crippen LogP contribution in [0.1, 0.15) is 23.7 Å². The summed E-state index contributed by atoms with van der Waals surface area (Å²) in [6.07, 6.45) is -6.26. The average Bonchev–Trinajstić information content (AvgIpc) is 2.43.